The molecule has 1 amide bonds. The normalized spacial score (nSPS) is 10.5. The molecule has 0 atom stereocenters. The molecular formula is C20H21N3O3. The Balaban J connectivity index is 1.56. The molecular weight excluding hydrogens is 330 g/mol. The van der Waals surface area contributed by atoms with Crippen LogP contribution in [0.3, 0.4) is 0 Å². The molecule has 0 bridgehead atoms. The molecule has 3 rings (SSSR count). The summed E-state index contributed by atoms with van der Waals surface area (Å²) in [5.74, 6) is 0.893. The van der Waals surface area contributed by atoms with Crippen LogP contribution in [0.2, 0.25) is 0 Å². The minimum Gasteiger partial charge on any atom is -0.494 e. The molecule has 134 valence electrons. The van der Waals surface area contributed by atoms with Gasteiger partial charge in [0, 0.05) is 5.56 Å². The van der Waals surface area contributed by atoms with Gasteiger partial charge in [-0.25, -0.2) is 0 Å². The highest BCUT2D eigenvalue weighted by Crippen LogP contribution is 2.15. The summed E-state index contributed by atoms with van der Waals surface area (Å²) in [7, 11) is 0. The zero-order valence-corrected chi connectivity index (χ0v) is 14.6. The van der Waals surface area contributed by atoms with E-state index >= 15 is 0 Å². The van der Waals surface area contributed by atoms with Crippen molar-refractivity contribution < 1.29 is 13.9 Å². The van der Waals surface area contributed by atoms with E-state index in [0.717, 1.165) is 24.2 Å². The summed E-state index contributed by atoms with van der Waals surface area (Å²) < 4.78 is 11.1. The van der Waals surface area contributed by atoms with Gasteiger partial charge in [-0.05, 0) is 36.2 Å². The van der Waals surface area contributed by atoms with E-state index in [4.69, 9.17) is 9.15 Å². The molecule has 6 heteroatoms. The van der Waals surface area contributed by atoms with Crippen LogP contribution in [0.15, 0.2) is 59.0 Å². The molecule has 0 saturated heterocycles. The predicted octanol–water partition coefficient (Wildman–Crippen LogP) is 4.09. The maximum absolute atomic E-state index is 12.3. The van der Waals surface area contributed by atoms with E-state index < -0.39 is 0 Å². The fourth-order valence-corrected chi connectivity index (χ4v) is 2.35. The van der Waals surface area contributed by atoms with Gasteiger partial charge in [0.25, 0.3) is 5.91 Å². The summed E-state index contributed by atoms with van der Waals surface area (Å²) in [4.78, 5) is 12.3. The summed E-state index contributed by atoms with van der Waals surface area (Å²) in [5.41, 5.74) is 1.56. The maximum atomic E-state index is 12.3. The molecule has 0 saturated carbocycles. The molecule has 0 fully saturated rings. The third kappa shape index (κ3) is 4.92. The van der Waals surface area contributed by atoms with Gasteiger partial charge in [-0.2, -0.15) is 0 Å². The van der Waals surface area contributed by atoms with Gasteiger partial charge in [0.15, 0.2) is 0 Å². The minimum atomic E-state index is -0.306. The Bertz CT molecular complexity index is 829. The third-order valence-electron chi connectivity index (χ3n) is 3.77. The second-order valence-electron chi connectivity index (χ2n) is 5.84. The number of carbonyl (C=O) groups is 1. The molecule has 3 aromatic rings. The number of amides is 1. The number of rotatable bonds is 8. The van der Waals surface area contributed by atoms with Crippen LogP contribution in [-0.4, -0.2) is 22.7 Å². The van der Waals surface area contributed by atoms with Crippen molar-refractivity contribution in [3.8, 4) is 5.75 Å². The summed E-state index contributed by atoms with van der Waals surface area (Å²) in [6, 6.07) is 16.9. The van der Waals surface area contributed by atoms with E-state index in [1.165, 1.54) is 0 Å². The highest BCUT2D eigenvalue weighted by molar-refractivity contribution is 6.03. The Morgan fingerprint density at radius 2 is 1.85 bits per heavy atom. The number of hydrogen-bond donors (Lipinski definition) is 1. The molecule has 1 N–H and O–H groups in total. The van der Waals surface area contributed by atoms with Gasteiger partial charge in [-0.1, -0.05) is 48.8 Å². The number of carbonyl (C=O) groups excluding carboxylic acids is 1. The van der Waals surface area contributed by atoms with Crippen molar-refractivity contribution in [2.75, 3.05) is 11.9 Å². The number of aromatic nitrogens is 2. The van der Waals surface area contributed by atoms with Crippen molar-refractivity contribution in [2.45, 2.75) is 26.2 Å². The van der Waals surface area contributed by atoms with Gasteiger partial charge >= 0.3 is 6.01 Å². The van der Waals surface area contributed by atoms with Crippen LogP contribution >= 0.6 is 0 Å². The first-order chi connectivity index (χ1) is 12.7. The average Bonchev–Trinajstić information content (AvgIpc) is 3.10. The number of hydrogen-bond acceptors (Lipinski definition) is 5. The van der Waals surface area contributed by atoms with Crippen molar-refractivity contribution >= 4 is 11.9 Å². The second-order valence-corrected chi connectivity index (χ2v) is 5.84. The molecule has 0 aliphatic heterocycles. The van der Waals surface area contributed by atoms with Gasteiger partial charge in [-0.15, -0.1) is 5.10 Å². The first-order valence-corrected chi connectivity index (χ1v) is 8.65. The van der Waals surface area contributed by atoms with E-state index in [1.807, 2.05) is 30.3 Å². The van der Waals surface area contributed by atoms with Crippen molar-refractivity contribution in [2.24, 2.45) is 0 Å². The quantitative estimate of drug-likeness (QED) is 0.619. The molecule has 2 aromatic carbocycles. The Labute approximate surface area is 152 Å². The standard InChI is InChI=1S/C20H21N3O3/c1-2-3-13-25-17-11-9-16(10-12-17)19(24)21-20-23-22-18(26-20)14-15-7-5-4-6-8-15/h4-12H,2-3,13-14H2,1H3,(H,21,23,24). The van der Waals surface area contributed by atoms with Crippen LogP contribution in [-0.2, 0) is 6.42 Å². The largest absolute Gasteiger partial charge is 0.494 e. The second kappa shape index (κ2) is 8.80. The lowest BCUT2D eigenvalue weighted by Crippen LogP contribution is -2.12. The topological polar surface area (TPSA) is 77.2 Å². The minimum absolute atomic E-state index is 0.0872. The Morgan fingerprint density at radius 1 is 1.08 bits per heavy atom. The molecule has 1 heterocycles. The fraction of sp³-hybridized carbons (Fsp3) is 0.250. The van der Waals surface area contributed by atoms with E-state index in [9.17, 15) is 4.79 Å². The number of unbranched alkanes of at least 4 members (excludes halogenated alkanes) is 1. The first-order valence-electron chi connectivity index (χ1n) is 8.65. The summed E-state index contributed by atoms with van der Waals surface area (Å²) in [6.45, 7) is 2.79. The number of anilines is 1. The van der Waals surface area contributed by atoms with Crippen molar-refractivity contribution in [3.05, 3.63) is 71.6 Å². The first kappa shape index (κ1) is 17.7. The molecule has 0 radical (unpaired) electrons. The van der Waals surface area contributed by atoms with Crippen LogP contribution in [0.4, 0.5) is 6.01 Å². The number of nitrogens with zero attached hydrogens (tertiary/aromatic N) is 2. The summed E-state index contributed by atoms with van der Waals surface area (Å²) in [5, 5.41) is 10.5. The van der Waals surface area contributed by atoms with Gasteiger partial charge < -0.3 is 9.15 Å². The molecule has 6 nitrogen and oxygen atoms in total. The van der Waals surface area contributed by atoms with E-state index in [2.05, 4.69) is 22.4 Å². The van der Waals surface area contributed by atoms with Gasteiger partial charge in [0.1, 0.15) is 5.75 Å². The smallest absolute Gasteiger partial charge is 0.322 e. The summed E-state index contributed by atoms with van der Waals surface area (Å²) in [6.07, 6.45) is 2.61. The van der Waals surface area contributed by atoms with Crippen LogP contribution in [0.5, 0.6) is 5.75 Å². The van der Waals surface area contributed by atoms with Crippen LogP contribution in [0.25, 0.3) is 0 Å². The monoisotopic (exact) mass is 351 g/mol. The summed E-state index contributed by atoms with van der Waals surface area (Å²) >= 11 is 0. The third-order valence-corrected chi connectivity index (χ3v) is 3.77. The molecule has 0 unspecified atom stereocenters. The molecule has 0 aliphatic carbocycles. The van der Waals surface area contributed by atoms with Crippen molar-refractivity contribution in [1.29, 1.82) is 0 Å². The van der Waals surface area contributed by atoms with Crippen molar-refractivity contribution in [1.82, 2.24) is 10.2 Å². The number of nitrogens with one attached hydrogen (secondary N) is 1. The van der Waals surface area contributed by atoms with Gasteiger partial charge in [-0.3, -0.25) is 10.1 Å². The lowest BCUT2D eigenvalue weighted by molar-refractivity contribution is 0.102. The Morgan fingerprint density at radius 3 is 2.58 bits per heavy atom. The van der Waals surface area contributed by atoms with E-state index in [0.29, 0.717) is 24.5 Å². The predicted molar refractivity (Wildman–Crippen MR) is 98.3 cm³/mol. The van der Waals surface area contributed by atoms with E-state index in [1.54, 1.807) is 24.3 Å². The van der Waals surface area contributed by atoms with Gasteiger partial charge in [0.2, 0.25) is 5.89 Å². The average molecular weight is 351 g/mol. The van der Waals surface area contributed by atoms with Crippen LogP contribution < -0.4 is 10.1 Å². The Hall–Kier alpha value is -3.15. The van der Waals surface area contributed by atoms with Crippen LogP contribution in [0, 0.1) is 0 Å². The SMILES string of the molecule is CCCCOc1ccc(C(=O)Nc2nnc(Cc3ccccc3)o2)cc1. The highest BCUT2D eigenvalue weighted by atomic mass is 16.5. The van der Waals surface area contributed by atoms with E-state index in [-0.39, 0.29) is 11.9 Å². The van der Waals surface area contributed by atoms with Crippen LogP contribution in [0.1, 0.15) is 41.6 Å². The lowest BCUT2D eigenvalue weighted by atomic mass is 10.2. The number of benzene rings is 2. The lowest BCUT2D eigenvalue weighted by Gasteiger charge is -2.06. The zero-order valence-electron chi connectivity index (χ0n) is 14.6. The zero-order chi connectivity index (χ0) is 18.2. The van der Waals surface area contributed by atoms with Crippen molar-refractivity contribution in [3.63, 3.8) is 0 Å². The van der Waals surface area contributed by atoms with Gasteiger partial charge in [0.05, 0.1) is 13.0 Å². The molecule has 0 spiro atoms. The molecule has 0 aliphatic rings. The Kier molecular flexibility index (Phi) is 5.98. The fourth-order valence-electron chi connectivity index (χ4n) is 2.35. The molecule has 1 aromatic heterocycles. The maximum Gasteiger partial charge on any atom is 0.322 e. The highest BCUT2D eigenvalue weighted by Gasteiger charge is 2.12. The number of ether oxygens (including phenoxy) is 1. The molecule has 26 heavy (non-hydrogen) atoms.